The van der Waals surface area contributed by atoms with Gasteiger partial charge >= 0.3 is 0 Å². The van der Waals surface area contributed by atoms with Gasteiger partial charge in [0, 0.05) is 19.5 Å². The van der Waals surface area contributed by atoms with Gasteiger partial charge in [0.2, 0.25) is 5.91 Å². The molecule has 5 heteroatoms. The second-order valence-corrected chi connectivity index (χ2v) is 5.67. The molecule has 0 radical (unpaired) electrons. The predicted molar refractivity (Wildman–Crippen MR) is 76.9 cm³/mol. The molecule has 0 aromatic heterocycles. The predicted octanol–water partition coefficient (Wildman–Crippen LogP) is 1.23. The molecule has 1 amide bonds. The Bertz CT molecular complexity index is 494. The van der Waals surface area contributed by atoms with Crippen molar-refractivity contribution in [2.75, 3.05) is 43.1 Å². The number of carbonyl (C=O) groups excluding carboxylic acids is 1. The fourth-order valence-electron chi connectivity index (χ4n) is 2.68. The zero-order valence-corrected chi connectivity index (χ0v) is 11.5. The third-order valence-corrected chi connectivity index (χ3v) is 4.07. The van der Waals surface area contributed by atoms with Crippen LogP contribution in [0.3, 0.4) is 0 Å². The van der Waals surface area contributed by atoms with Crippen molar-refractivity contribution in [2.24, 2.45) is 5.41 Å². The number of carbonyl (C=O) groups is 1. The molecule has 0 spiro atoms. The molecular formula is C15H20N2O3. The highest BCUT2D eigenvalue weighted by atomic mass is 16.5. The number of rotatable bonds is 5. The van der Waals surface area contributed by atoms with Crippen LogP contribution in [0.2, 0.25) is 0 Å². The third kappa shape index (κ3) is 2.39. The normalized spacial score (nSPS) is 20.9. The summed E-state index contributed by atoms with van der Waals surface area (Å²) in [6.45, 7) is 2.72. The lowest BCUT2D eigenvalue weighted by Crippen LogP contribution is -2.50. The Morgan fingerprint density at radius 3 is 2.75 bits per heavy atom. The van der Waals surface area contributed by atoms with Crippen molar-refractivity contribution < 1.29 is 14.6 Å². The number of anilines is 2. The fraction of sp³-hybridized carbons (Fsp3) is 0.533. The second kappa shape index (κ2) is 5.42. The van der Waals surface area contributed by atoms with E-state index in [1.54, 1.807) is 0 Å². The lowest BCUT2D eigenvalue weighted by molar-refractivity contribution is -0.128. The molecule has 2 N–H and O–H groups in total. The first-order valence-corrected chi connectivity index (χ1v) is 7.06. The molecule has 1 aromatic carbocycles. The van der Waals surface area contributed by atoms with Gasteiger partial charge in [0.05, 0.1) is 36.6 Å². The van der Waals surface area contributed by atoms with E-state index in [1.807, 2.05) is 29.2 Å². The fourth-order valence-corrected chi connectivity index (χ4v) is 2.68. The van der Waals surface area contributed by atoms with Gasteiger partial charge < -0.3 is 20.1 Å². The first-order valence-electron chi connectivity index (χ1n) is 7.06. The van der Waals surface area contributed by atoms with Crippen LogP contribution in [0.1, 0.15) is 12.8 Å². The highest BCUT2D eigenvalue weighted by molar-refractivity contribution is 5.98. The molecule has 20 heavy (non-hydrogen) atoms. The van der Waals surface area contributed by atoms with E-state index in [2.05, 4.69) is 5.32 Å². The number of hydrogen-bond donors (Lipinski definition) is 2. The molecule has 108 valence electrons. The summed E-state index contributed by atoms with van der Waals surface area (Å²) >= 11 is 0. The van der Waals surface area contributed by atoms with E-state index < -0.39 is 0 Å². The number of nitrogens with one attached hydrogen (secondary N) is 1. The Morgan fingerprint density at radius 1 is 1.35 bits per heavy atom. The lowest BCUT2D eigenvalue weighted by Gasteiger charge is -2.40. The average Bonchev–Trinajstić information content (AvgIpc) is 2.85. The number of amides is 1. The van der Waals surface area contributed by atoms with Crippen LogP contribution in [-0.2, 0) is 9.53 Å². The van der Waals surface area contributed by atoms with Crippen LogP contribution >= 0.6 is 0 Å². The highest BCUT2D eigenvalue weighted by Crippen LogP contribution is 2.32. The summed E-state index contributed by atoms with van der Waals surface area (Å²) in [7, 11) is 0. The van der Waals surface area contributed by atoms with E-state index in [0.29, 0.717) is 26.2 Å². The van der Waals surface area contributed by atoms with E-state index >= 15 is 0 Å². The van der Waals surface area contributed by atoms with Crippen molar-refractivity contribution in [1.29, 1.82) is 0 Å². The van der Waals surface area contributed by atoms with Crippen molar-refractivity contribution >= 4 is 17.3 Å². The number of hydrogen-bond acceptors (Lipinski definition) is 4. The van der Waals surface area contributed by atoms with Gasteiger partial charge in [0.15, 0.2) is 0 Å². The van der Waals surface area contributed by atoms with Crippen LogP contribution in [0.25, 0.3) is 0 Å². The molecule has 2 saturated heterocycles. The summed E-state index contributed by atoms with van der Waals surface area (Å²) in [6.07, 6.45) is 1.55. The summed E-state index contributed by atoms with van der Waals surface area (Å²) in [6, 6.07) is 7.84. The van der Waals surface area contributed by atoms with E-state index in [9.17, 15) is 9.90 Å². The SMILES string of the molecule is O=C1CCCN1c1ccccc1NCC1(CO)COC1. The molecule has 5 nitrogen and oxygen atoms in total. The van der Waals surface area contributed by atoms with E-state index in [0.717, 1.165) is 24.3 Å². The maximum absolute atomic E-state index is 11.9. The van der Waals surface area contributed by atoms with Gasteiger partial charge in [0.25, 0.3) is 0 Å². The average molecular weight is 276 g/mol. The number of benzene rings is 1. The van der Waals surface area contributed by atoms with Crippen molar-refractivity contribution in [1.82, 2.24) is 0 Å². The Kier molecular flexibility index (Phi) is 3.63. The Morgan fingerprint density at radius 2 is 2.15 bits per heavy atom. The van der Waals surface area contributed by atoms with Gasteiger partial charge in [-0.15, -0.1) is 0 Å². The zero-order chi connectivity index (χ0) is 14.0. The minimum atomic E-state index is -0.178. The summed E-state index contributed by atoms with van der Waals surface area (Å²) in [5.74, 6) is 0.183. The largest absolute Gasteiger partial charge is 0.396 e. The van der Waals surface area contributed by atoms with E-state index in [-0.39, 0.29) is 17.9 Å². The summed E-state index contributed by atoms with van der Waals surface area (Å²) in [5, 5.41) is 12.8. The molecule has 1 aromatic rings. The Balaban J connectivity index is 1.74. The van der Waals surface area contributed by atoms with Crippen molar-refractivity contribution in [3.63, 3.8) is 0 Å². The summed E-state index contributed by atoms with van der Waals surface area (Å²) in [4.78, 5) is 13.7. The molecule has 0 aliphatic carbocycles. The molecular weight excluding hydrogens is 256 g/mol. The molecule has 2 fully saturated rings. The first-order chi connectivity index (χ1) is 9.74. The monoisotopic (exact) mass is 276 g/mol. The molecule has 2 aliphatic heterocycles. The molecule has 2 heterocycles. The number of ether oxygens (including phenoxy) is 1. The lowest BCUT2D eigenvalue weighted by atomic mass is 9.87. The first kappa shape index (κ1) is 13.4. The van der Waals surface area contributed by atoms with Crippen LogP contribution < -0.4 is 10.2 Å². The summed E-state index contributed by atoms with van der Waals surface area (Å²) < 4.78 is 5.20. The van der Waals surface area contributed by atoms with Gasteiger partial charge in [-0.2, -0.15) is 0 Å². The third-order valence-electron chi connectivity index (χ3n) is 4.07. The van der Waals surface area contributed by atoms with Gasteiger partial charge in [-0.25, -0.2) is 0 Å². The van der Waals surface area contributed by atoms with Crippen LogP contribution in [0.15, 0.2) is 24.3 Å². The Labute approximate surface area is 118 Å². The van der Waals surface area contributed by atoms with Gasteiger partial charge in [-0.3, -0.25) is 4.79 Å². The zero-order valence-electron chi connectivity index (χ0n) is 11.5. The second-order valence-electron chi connectivity index (χ2n) is 5.67. The van der Waals surface area contributed by atoms with Crippen LogP contribution in [-0.4, -0.2) is 43.9 Å². The Hall–Kier alpha value is -1.59. The van der Waals surface area contributed by atoms with Gasteiger partial charge in [0.1, 0.15) is 0 Å². The van der Waals surface area contributed by atoms with E-state index in [1.165, 1.54) is 0 Å². The minimum Gasteiger partial charge on any atom is -0.396 e. The number of nitrogens with zero attached hydrogens (tertiary/aromatic N) is 1. The number of aliphatic hydroxyl groups is 1. The quantitative estimate of drug-likeness (QED) is 0.849. The van der Waals surface area contributed by atoms with Gasteiger partial charge in [-0.05, 0) is 18.6 Å². The van der Waals surface area contributed by atoms with Gasteiger partial charge in [-0.1, -0.05) is 12.1 Å². The van der Waals surface area contributed by atoms with Crippen molar-refractivity contribution in [3.05, 3.63) is 24.3 Å². The summed E-state index contributed by atoms with van der Waals surface area (Å²) in [5.41, 5.74) is 1.70. The molecule has 0 saturated carbocycles. The topological polar surface area (TPSA) is 61.8 Å². The standard InChI is InChI=1S/C15H20N2O3/c18-9-15(10-20-11-15)8-16-12-4-1-2-5-13(12)17-7-3-6-14(17)19/h1-2,4-5,16,18H,3,6-11H2. The number of aliphatic hydroxyl groups excluding tert-OH is 1. The smallest absolute Gasteiger partial charge is 0.227 e. The molecule has 0 atom stereocenters. The van der Waals surface area contributed by atoms with Crippen LogP contribution in [0.5, 0.6) is 0 Å². The molecule has 2 aliphatic rings. The maximum atomic E-state index is 11.9. The number of para-hydroxylation sites is 2. The highest BCUT2D eigenvalue weighted by Gasteiger charge is 2.38. The van der Waals surface area contributed by atoms with Crippen LogP contribution in [0.4, 0.5) is 11.4 Å². The minimum absolute atomic E-state index is 0.116. The van der Waals surface area contributed by atoms with Crippen LogP contribution in [0, 0.1) is 5.41 Å². The molecule has 0 unspecified atom stereocenters. The molecule has 3 rings (SSSR count). The maximum Gasteiger partial charge on any atom is 0.227 e. The van der Waals surface area contributed by atoms with Crippen molar-refractivity contribution in [2.45, 2.75) is 12.8 Å². The van der Waals surface area contributed by atoms with Crippen molar-refractivity contribution in [3.8, 4) is 0 Å². The van der Waals surface area contributed by atoms with E-state index in [4.69, 9.17) is 4.74 Å². The molecule has 0 bridgehead atoms.